The molecule has 2 rings (SSSR count). The first-order chi connectivity index (χ1) is 12.8. The number of carbonyl (C=O) groups excluding carboxylic acids is 1. The molecule has 0 radical (unpaired) electrons. The number of nitrogens with one attached hydrogen (secondary N) is 2. The van der Waals surface area contributed by atoms with Crippen LogP contribution in [-0.2, 0) is 5.41 Å². The highest BCUT2D eigenvalue weighted by atomic mass is 16.5. The van der Waals surface area contributed by atoms with Crippen molar-refractivity contribution in [1.29, 1.82) is 0 Å². The number of hydrogen-bond donors (Lipinski definition) is 2. The summed E-state index contributed by atoms with van der Waals surface area (Å²) in [6.07, 6.45) is 0.751. The van der Waals surface area contributed by atoms with Crippen LogP contribution in [0.5, 0.6) is 5.75 Å². The molecule has 27 heavy (non-hydrogen) atoms. The second kappa shape index (κ2) is 9.45. The summed E-state index contributed by atoms with van der Waals surface area (Å²) in [5.74, 6) is 1.34. The number of ether oxygens (including phenoxy) is 1. The molecule has 0 bridgehead atoms. The number of urea groups is 1. The molecule has 0 heterocycles. The van der Waals surface area contributed by atoms with Crippen molar-refractivity contribution in [2.24, 2.45) is 0 Å². The first-order valence-electron chi connectivity index (χ1n) is 9.64. The number of carbonyl (C=O) groups is 1. The van der Waals surface area contributed by atoms with Crippen LogP contribution in [0.2, 0.25) is 0 Å². The Morgan fingerprint density at radius 1 is 1.00 bits per heavy atom. The van der Waals surface area contributed by atoms with Gasteiger partial charge in [-0.05, 0) is 53.1 Å². The minimum Gasteiger partial charge on any atom is -0.494 e. The van der Waals surface area contributed by atoms with Gasteiger partial charge in [0.1, 0.15) is 5.75 Å². The zero-order valence-electron chi connectivity index (χ0n) is 17.1. The highest BCUT2D eigenvalue weighted by Gasteiger charge is 2.12. The fourth-order valence-electron chi connectivity index (χ4n) is 2.64. The molecule has 0 aliphatic carbocycles. The van der Waals surface area contributed by atoms with Gasteiger partial charge in [-0.2, -0.15) is 0 Å². The first-order valence-corrected chi connectivity index (χ1v) is 9.64. The Morgan fingerprint density at radius 2 is 1.63 bits per heavy atom. The molecule has 2 aromatic rings. The summed E-state index contributed by atoms with van der Waals surface area (Å²) in [4.78, 5) is 11.9. The lowest BCUT2D eigenvalue weighted by Crippen LogP contribution is -2.30. The Hall–Kier alpha value is -2.49. The average Bonchev–Trinajstić information content (AvgIpc) is 2.61. The number of rotatable bonds is 7. The van der Waals surface area contributed by atoms with Crippen molar-refractivity contribution in [2.45, 2.75) is 52.4 Å². The van der Waals surface area contributed by atoms with Crippen LogP contribution in [0, 0.1) is 0 Å². The van der Waals surface area contributed by atoms with Crippen molar-refractivity contribution in [2.75, 3.05) is 18.5 Å². The van der Waals surface area contributed by atoms with Crippen LogP contribution in [0.25, 0.3) is 0 Å². The van der Waals surface area contributed by atoms with E-state index in [2.05, 4.69) is 57.4 Å². The van der Waals surface area contributed by atoms with E-state index in [0.717, 1.165) is 17.9 Å². The normalized spacial score (nSPS) is 11.3. The van der Waals surface area contributed by atoms with Crippen molar-refractivity contribution >= 4 is 11.7 Å². The van der Waals surface area contributed by atoms with Gasteiger partial charge in [-0.3, -0.25) is 0 Å². The second-order valence-electron chi connectivity index (χ2n) is 8.13. The lowest BCUT2D eigenvalue weighted by atomic mass is 9.87. The quantitative estimate of drug-likeness (QED) is 0.616. The van der Waals surface area contributed by atoms with Gasteiger partial charge in [0.05, 0.1) is 6.61 Å². The Labute approximate surface area is 163 Å². The SMILES string of the molecule is CC(C)c1ccc(NC(=O)NCCCOc2ccc(C(C)(C)C)cc2)cc1. The third-order valence-electron chi connectivity index (χ3n) is 4.43. The van der Waals surface area contributed by atoms with Gasteiger partial charge in [0.15, 0.2) is 0 Å². The molecule has 0 aliphatic heterocycles. The van der Waals surface area contributed by atoms with Crippen LogP contribution in [0.4, 0.5) is 10.5 Å². The predicted octanol–water partition coefficient (Wildman–Crippen LogP) is 5.70. The summed E-state index contributed by atoms with van der Waals surface area (Å²) in [5, 5.41) is 5.70. The highest BCUT2D eigenvalue weighted by molar-refractivity contribution is 5.89. The van der Waals surface area contributed by atoms with Crippen LogP contribution < -0.4 is 15.4 Å². The maximum Gasteiger partial charge on any atom is 0.319 e. The number of benzene rings is 2. The van der Waals surface area contributed by atoms with E-state index in [1.807, 2.05) is 36.4 Å². The molecule has 4 nitrogen and oxygen atoms in total. The Bertz CT molecular complexity index is 714. The topological polar surface area (TPSA) is 50.4 Å². The van der Waals surface area contributed by atoms with Crippen molar-refractivity contribution in [3.8, 4) is 5.75 Å². The van der Waals surface area contributed by atoms with E-state index in [-0.39, 0.29) is 11.4 Å². The zero-order valence-corrected chi connectivity index (χ0v) is 17.1. The van der Waals surface area contributed by atoms with Crippen LogP contribution in [0.1, 0.15) is 58.1 Å². The van der Waals surface area contributed by atoms with E-state index in [0.29, 0.717) is 19.1 Å². The maximum absolute atomic E-state index is 11.9. The van der Waals surface area contributed by atoms with E-state index in [1.165, 1.54) is 11.1 Å². The summed E-state index contributed by atoms with van der Waals surface area (Å²) in [7, 11) is 0. The van der Waals surface area contributed by atoms with E-state index in [4.69, 9.17) is 4.74 Å². The summed E-state index contributed by atoms with van der Waals surface area (Å²) in [6, 6.07) is 16.0. The van der Waals surface area contributed by atoms with Gasteiger partial charge >= 0.3 is 6.03 Å². The predicted molar refractivity (Wildman–Crippen MR) is 113 cm³/mol. The van der Waals surface area contributed by atoms with Crippen molar-refractivity contribution in [3.05, 3.63) is 59.7 Å². The molecule has 0 spiro atoms. The molecule has 0 aliphatic rings. The Balaban J connectivity index is 1.65. The fourth-order valence-corrected chi connectivity index (χ4v) is 2.64. The lowest BCUT2D eigenvalue weighted by molar-refractivity contribution is 0.250. The van der Waals surface area contributed by atoms with Crippen LogP contribution in [0.3, 0.4) is 0 Å². The van der Waals surface area contributed by atoms with Gasteiger partial charge in [0.25, 0.3) is 0 Å². The second-order valence-corrected chi connectivity index (χ2v) is 8.13. The minimum atomic E-state index is -0.193. The number of anilines is 1. The number of amides is 2. The molecule has 4 heteroatoms. The average molecular weight is 369 g/mol. The zero-order chi connectivity index (χ0) is 19.9. The number of hydrogen-bond acceptors (Lipinski definition) is 2. The Morgan fingerprint density at radius 3 is 2.19 bits per heavy atom. The molecule has 0 aromatic heterocycles. The maximum atomic E-state index is 11.9. The molecule has 146 valence electrons. The molecule has 0 atom stereocenters. The van der Waals surface area contributed by atoms with Gasteiger partial charge in [0, 0.05) is 12.2 Å². The smallest absolute Gasteiger partial charge is 0.319 e. The van der Waals surface area contributed by atoms with Gasteiger partial charge < -0.3 is 15.4 Å². The van der Waals surface area contributed by atoms with Crippen LogP contribution >= 0.6 is 0 Å². The van der Waals surface area contributed by atoms with Gasteiger partial charge in [-0.15, -0.1) is 0 Å². The molecule has 2 aromatic carbocycles. The summed E-state index contributed by atoms with van der Waals surface area (Å²) >= 11 is 0. The molecule has 0 unspecified atom stereocenters. The highest BCUT2D eigenvalue weighted by Crippen LogP contribution is 2.24. The lowest BCUT2D eigenvalue weighted by Gasteiger charge is -2.19. The molecular weight excluding hydrogens is 336 g/mol. The monoisotopic (exact) mass is 368 g/mol. The largest absolute Gasteiger partial charge is 0.494 e. The third-order valence-corrected chi connectivity index (χ3v) is 4.43. The summed E-state index contributed by atoms with van der Waals surface area (Å²) < 4.78 is 5.74. The fraction of sp³-hybridized carbons (Fsp3) is 0.435. The van der Waals surface area contributed by atoms with Gasteiger partial charge in [-0.1, -0.05) is 58.9 Å². The summed E-state index contributed by atoms with van der Waals surface area (Å²) in [6.45, 7) is 12.0. The van der Waals surface area contributed by atoms with Gasteiger partial charge in [-0.25, -0.2) is 4.79 Å². The third kappa shape index (κ3) is 6.97. The first kappa shape index (κ1) is 20.8. The minimum absolute atomic E-state index is 0.144. The molecule has 0 fully saturated rings. The molecular formula is C23H32N2O2. The molecule has 2 amide bonds. The van der Waals surface area contributed by atoms with Crippen LogP contribution in [0.15, 0.2) is 48.5 Å². The van der Waals surface area contributed by atoms with Gasteiger partial charge in [0.2, 0.25) is 0 Å². The van der Waals surface area contributed by atoms with Crippen molar-refractivity contribution in [1.82, 2.24) is 5.32 Å². The summed E-state index contributed by atoms with van der Waals surface area (Å²) in [5.41, 5.74) is 3.49. The van der Waals surface area contributed by atoms with E-state index >= 15 is 0 Å². The molecule has 0 saturated carbocycles. The Kier molecular flexibility index (Phi) is 7.28. The van der Waals surface area contributed by atoms with Crippen LogP contribution in [-0.4, -0.2) is 19.2 Å². The standard InChI is InChI=1S/C23H32N2O2/c1-17(2)18-7-11-20(12-8-18)25-22(26)24-15-6-16-27-21-13-9-19(10-14-21)23(3,4)5/h7-14,17H,6,15-16H2,1-5H3,(H2,24,25,26). The van der Waals surface area contributed by atoms with Crippen molar-refractivity contribution < 1.29 is 9.53 Å². The molecule has 2 N–H and O–H groups in total. The van der Waals surface area contributed by atoms with Crippen molar-refractivity contribution in [3.63, 3.8) is 0 Å². The van der Waals surface area contributed by atoms with E-state index in [9.17, 15) is 4.79 Å². The molecule has 0 saturated heterocycles. The van der Waals surface area contributed by atoms with E-state index in [1.54, 1.807) is 0 Å². The van der Waals surface area contributed by atoms with E-state index < -0.39 is 0 Å².